The van der Waals surface area contributed by atoms with E-state index in [0.717, 1.165) is 18.5 Å². The third-order valence-corrected chi connectivity index (χ3v) is 4.01. The molecule has 0 aliphatic carbocycles. The van der Waals surface area contributed by atoms with Crippen LogP contribution in [0, 0.1) is 5.82 Å². The fourth-order valence-electron chi connectivity index (χ4n) is 2.29. The molecule has 0 saturated heterocycles. The Kier molecular flexibility index (Phi) is 6.04. The Morgan fingerprint density at radius 2 is 1.76 bits per heavy atom. The molecule has 0 spiro atoms. The molecule has 0 saturated carbocycles. The van der Waals surface area contributed by atoms with Crippen LogP contribution in [-0.4, -0.2) is 6.54 Å². The van der Waals surface area contributed by atoms with Crippen LogP contribution in [0.3, 0.4) is 0 Å². The van der Waals surface area contributed by atoms with E-state index in [4.69, 9.17) is 23.2 Å². The van der Waals surface area contributed by atoms with Crippen molar-refractivity contribution in [3.63, 3.8) is 0 Å². The van der Waals surface area contributed by atoms with Gasteiger partial charge in [-0.25, -0.2) is 4.39 Å². The van der Waals surface area contributed by atoms with Crippen LogP contribution < -0.4 is 5.32 Å². The number of hydrogen-bond acceptors (Lipinski definition) is 1. The van der Waals surface area contributed by atoms with Crippen molar-refractivity contribution >= 4 is 23.2 Å². The molecular formula is C17H18Cl2FN. The summed E-state index contributed by atoms with van der Waals surface area (Å²) in [7, 11) is 0. The minimum Gasteiger partial charge on any atom is -0.310 e. The van der Waals surface area contributed by atoms with Crippen LogP contribution in [0.5, 0.6) is 0 Å². The third-order valence-electron chi connectivity index (χ3n) is 3.38. The summed E-state index contributed by atoms with van der Waals surface area (Å²) in [4.78, 5) is 0. The van der Waals surface area contributed by atoms with E-state index in [2.05, 4.69) is 12.2 Å². The van der Waals surface area contributed by atoms with E-state index < -0.39 is 0 Å². The molecule has 2 rings (SSSR count). The van der Waals surface area contributed by atoms with E-state index >= 15 is 0 Å². The van der Waals surface area contributed by atoms with Crippen molar-refractivity contribution < 1.29 is 4.39 Å². The van der Waals surface area contributed by atoms with Crippen LogP contribution in [-0.2, 0) is 6.42 Å². The summed E-state index contributed by atoms with van der Waals surface area (Å²) in [6.07, 6.45) is 1.51. The third kappa shape index (κ3) is 4.19. The number of rotatable bonds is 6. The van der Waals surface area contributed by atoms with Crippen LogP contribution >= 0.6 is 23.2 Å². The first kappa shape index (κ1) is 16.3. The quantitative estimate of drug-likeness (QED) is 0.748. The Labute approximate surface area is 135 Å². The molecule has 0 aliphatic heterocycles. The van der Waals surface area contributed by atoms with Gasteiger partial charge in [0.1, 0.15) is 5.82 Å². The summed E-state index contributed by atoms with van der Waals surface area (Å²) >= 11 is 12.1. The average Bonchev–Trinajstić information content (AvgIpc) is 2.48. The smallest absolute Gasteiger partial charge is 0.145 e. The first-order valence-corrected chi connectivity index (χ1v) is 7.79. The first-order valence-electron chi connectivity index (χ1n) is 7.04. The van der Waals surface area contributed by atoms with Gasteiger partial charge in [0.05, 0.1) is 5.02 Å². The second kappa shape index (κ2) is 7.79. The Morgan fingerprint density at radius 3 is 2.48 bits per heavy atom. The van der Waals surface area contributed by atoms with E-state index in [1.165, 1.54) is 0 Å². The minimum atomic E-state index is -0.352. The molecule has 0 heterocycles. The lowest BCUT2D eigenvalue weighted by atomic mass is 9.98. The fourth-order valence-corrected chi connectivity index (χ4v) is 2.76. The molecule has 4 heteroatoms. The van der Waals surface area contributed by atoms with Crippen molar-refractivity contribution in [1.82, 2.24) is 5.32 Å². The second-order valence-electron chi connectivity index (χ2n) is 4.95. The highest BCUT2D eigenvalue weighted by Crippen LogP contribution is 2.28. The van der Waals surface area contributed by atoms with Gasteiger partial charge in [-0.1, -0.05) is 60.5 Å². The molecule has 1 atom stereocenters. The molecule has 21 heavy (non-hydrogen) atoms. The van der Waals surface area contributed by atoms with E-state index in [1.54, 1.807) is 18.2 Å². The van der Waals surface area contributed by atoms with Gasteiger partial charge in [0, 0.05) is 11.1 Å². The lowest BCUT2D eigenvalue weighted by Crippen LogP contribution is -2.24. The molecule has 0 fully saturated rings. The molecule has 1 N–H and O–H groups in total. The maximum atomic E-state index is 14.1. The predicted octanol–water partition coefficient (Wildman–Crippen LogP) is 5.42. The molecule has 112 valence electrons. The summed E-state index contributed by atoms with van der Waals surface area (Å²) in [5.74, 6) is -0.352. The molecule has 0 amide bonds. The summed E-state index contributed by atoms with van der Waals surface area (Å²) in [6.45, 7) is 2.94. The van der Waals surface area contributed by atoms with Crippen molar-refractivity contribution in [3.8, 4) is 0 Å². The van der Waals surface area contributed by atoms with Crippen LogP contribution in [0.2, 0.25) is 10.0 Å². The van der Waals surface area contributed by atoms with Gasteiger partial charge in [-0.2, -0.15) is 0 Å². The topological polar surface area (TPSA) is 12.0 Å². The van der Waals surface area contributed by atoms with Gasteiger partial charge in [-0.05, 0) is 42.6 Å². The SMILES string of the molecule is CCCNC(Cc1cccc(Cl)c1F)c1ccccc1Cl. The Balaban J connectivity index is 2.28. The van der Waals surface area contributed by atoms with Crippen molar-refractivity contribution in [2.45, 2.75) is 25.8 Å². The van der Waals surface area contributed by atoms with Crippen molar-refractivity contribution in [3.05, 3.63) is 69.5 Å². The molecule has 2 aromatic rings. The summed E-state index contributed by atoms with van der Waals surface area (Å²) in [5, 5.41) is 4.27. The van der Waals surface area contributed by atoms with E-state index in [0.29, 0.717) is 17.0 Å². The highest BCUT2D eigenvalue weighted by Gasteiger charge is 2.17. The highest BCUT2D eigenvalue weighted by atomic mass is 35.5. The molecule has 0 radical (unpaired) electrons. The highest BCUT2D eigenvalue weighted by molar-refractivity contribution is 6.31. The van der Waals surface area contributed by atoms with Crippen LogP contribution in [0.15, 0.2) is 42.5 Å². The normalized spacial score (nSPS) is 12.4. The number of halogens is 3. The predicted molar refractivity (Wildman–Crippen MR) is 87.6 cm³/mol. The average molecular weight is 326 g/mol. The summed E-state index contributed by atoms with van der Waals surface area (Å²) in [5.41, 5.74) is 1.57. The number of hydrogen-bond donors (Lipinski definition) is 1. The van der Waals surface area contributed by atoms with Gasteiger partial charge >= 0.3 is 0 Å². The molecule has 0 bridgehead atoms. The monoisotopic (exact) mass is 325 g/mol. The van der Waals surface area contributed by atoms with E-state index in [-0.39, 0.29) is 16.9 Å². The van der Waals surface area contributed by atoms with Crippen LogP contribution in [0.1, 0.15) is 30.5 Å². The lowest BCUT2D eigenvalue weighted by molar-refractivity contribution is 0.513. The van der Waals surface area contributed by atoms with Gasteiger partial charge in [0.15, 0.2) is 0 Å². The van der Waals surface area contributed by atoms with Gasteiger partial charge in [-0.15, -0.1) is 0 Å². The maximum Gasteiger partial charge on any atom is 0.145 e. The van der Waals surface area contributed by atoms with Crippen molar-refractivity contribution in [2.75, 3.05) is 6.54 Å². The molecule has 0 aromatic heterocycles. The molecule has 1 nitrogen and oxygen atoms in total. The Hall–Kier alpha value is -1.09. The Bertz CT molecular complexity index is 601. The number of nitrogens with one attached hydrogen (secondary N) is 1. The van der Waals surface area contributed by atoms with Crippen molar-refractivity contribution in [2.24, 2.45) is 0 Å². The molecule has 0 aliphatic rings. The standard InChI is InChI=1S/C17H18Cl2FN/c1-2-10-21-16(13-7-3-4-8-14(13)18)11-12-6-5-9-15(19)17(12)20/h3-9,16,21H,2,10-11H2,1H3. The van der Waals surface area contributed by atoms with Crippen molar-refractivity contribution in [1.29, 1.82) is 0 Å². The van der Waals surface area contributed by atoms with E-state index in [1.807, 2.05) is 24.3 Å². The zero-order chi connectivity index (χ0) is 15.2. The van der Waals surface area contributed by atoms with Gasteiger partial charge in [0.2, 0.25) is 0 Å². The van der Waals surface area contributed by atoms with Crippen LogP contribution in [0.4, 0.5) is 4.39 Å². The minimum absolute atomic E-state index is 0.0355. The van der Waals surface area contributed by atoms with Crippen LogP contribution in [0.25, 0.3) is 0 Å². The summed E-state index contributed by atoms with van der Waals surface area (Å²) < 4.78 is 14.1. The fraction of sp³-hybridized carbons (Fsp3) is 0.294. The first-order chi connectivity index (χ1) is 10.1. The summed E-state index contributed by atoms with van der Waals surface area (Å²) in [6, 6.07) is 12.7. The Morgan fingerprint density at radius 1 is 1.05 bits per heavy atom. The zero-order valence-electron chi connectivity index (χ0n) is 11.9. The van der Waals surface area contributed by atoms with Gasteiger partial charge in [-0.3, -0.25) is 0 Å². The largest absolute Gasteiger partial charge is 0.310 e. The second-order valence-corrected chi connectivity index (χ2v) is 5.76. The zero-order valence-corrected chi connectivity index (χ0v) is 13.4. The van der Waals surface area contributed by atoms with E-state index in [9.17, 15) is 4.39 Å². The molecule has 2 aromatic carbocycles. The number of benzene rings is 2. The molecular weight excluding hydrogens is 308 g/mol. The maximum absolute atomic E-state index is 14.1. The van der Waals surface area contributed by atoms with Gasteiger partial charge in [0.25, 0.3) is 0 Å². The molecule has 1 unspecified atom stereocenters. The van der Waals surface area contributed by atoms with Gasteiger partial charge < -0.3 is 5.32 Å². The lowest BCUT2D eigenvalue weighted by Gasteiger charge is -2.21.